The van der Waals surface area contributed by atoms with Crippen LogP contribution in [0.4, 0.5) is 0 Å². The van der Waals surface area contributed by atoms with Gasteiger partial charge in [-0.3, -0.25) is 9.59 Å². The van der Waals surface area contributed by atoms with E-state index in [2.05, 4.69) is 6.07 Å². The molecule has 4 nitrogen and oxygen atoms in total. The number of rotatable bonds is 3. The van der Waals surface area contributed by atoms with E-state index in [1.54, 1.807) is 19.2 Å². The second-order valence-corrected chi connectivity index (χ2v) is 6.05. The second kappa shape index (κ2) is 5.23. The van der Waals surface area contributed by atoms with Gasteiger partial charge < -0.3 is 9.64 Å². The van der Waals surface area contributed by atoms with Crippen LogP contribution in [0.3, 0.4) is 0 Å². The van der Waals surface area contributed by atoms with Gasteiger partial charge in [0.1, 0.15) is 12.0 Å². The van der Waals surface area contributed by atoms with Crippen LogP contribution in [-0.4, -0.2) is 24.2 Å². The first-order chi connectivity index (χ1) is 11.2. The summed E-state index contributed by atoms with van der Waals surface area (Å²) in [6.07, 6.45) is 2.66. The highest BCUT2D eigenvalue weighted by molar-refractivity contribution is 5.99. The smallest absolute Gasteiger partial charge is 0.255 e. The van der Waals surface area contributed by atoms with Crippen molar-refractivity contribution in [3.8, 4) is 5.75 Å². The zero-order valence-electron chi connectivity index (χ0n) is 12.9. The predicted octanol–water partition coefficient (Wildman–Crippen LogP) is 3.15. The Morgan fingerprint density at radius 2 is 2.13 bits per heavy atom. The van der Waals surface area contributed by atoms with Crippen molar-refractivity contribution in [3.63, 3.8) is 0 Å². The molecule has 1 atom stereocenters. The fraction of sp³-hybridized carbons (Fsp3) is 0.263. The van der Waals surface area contributed by atoms with Gasteiger partial charge in [-0.05, 0) is 47.7 Å². The number of methoxy groups -OCH3 is 1. The molecule has 0 saturated heterocycles. The van der Waals surface area contributed by atoms with Crippen molar-refractivity contribution in [1.82, 2.24) is 4.90 Å². The Balaban J connectivity index is 1.70. The average Bonchev–Trinajstić information content (AvgIpc) is 3.15. The van der Waals surface area contributed by atoms with E-state index in [1.807, 2.05) is 23.1 Å². The van der Waals surface area contributed by atoms with Crippen molar-refractivity contribution in [2.45, 2.75) is 25.4 Å². The van der Waals surface area contributed by atoms with Crippen molar-refractivity contribution in [2.24, 2.45) is 0 Å². The van der Waals surface area contributed by atoms with Crippen LogP contribution in [0.15, 0.2) is 36.4 Å². The summed E-state index contributed by atoms with van der Waals surface area (Å²) in [5, 5.41) is 0. The van der Waals surface area contributed by atoms with Crippen molar-refractivity contribution in [2.75, 3.05) is 7.11 Å². The lowest BCUT2D eigenvalue weighted by Gasteiger charge is -2.25. The molecular formula is C19H17NO3. The number of hydrogen-bond acceptors (Lipinski definition) is 3. The summed E-state index contributed by atoms with van der Waals surface area (Å²) in [6.45, 7) is 0.567. The molecule has 1 aliphatic heterocycles. The molecule has 0 spiro atoms. The second-order valence-electron chi connectivity index (χ2n) is 6.05. The third-order valence-electron chi connectivity index (χ3n) is 4.89. The molecule has 0 unspecified atom stereocenters. The van der Waals surface area contributed by atoms with E-state index in [-0.39, 0.29) is 11.9 Å². The van der Waals surface area contributed by atoms with Crippen molar-refractivity contribution < 1.29 is 14.3 Å². The number of amides is 1. The highest BCUT2D eigenvalue weighted by Gasteiger charge is 2.37. The molecule has 1 aliphatic carbocycles. The van der Waals surface area contributed by atoms with Crippen LogP contribution in [0, 0.1) is 0 Å². The van der Waals surface area contributed by atoms with E-state index in [4.69, 9.17) is 4.74 Å². The maximum absolute atomic E-state index is 12.8. The van der Waals surface area contributed by atoms with Crippen LogP contribution in [0.2, 0.25) is 0 Å². The fourth-order valence-corrected chi connectivity index (χ4v) is 3.80. The lowest BCUT2D eigenvalue weighted by Crippen LogP contribution is -2.27. The molecule has 2 aromatic rings. The number of hydrogen-bond donors (Lipinski definition) is 0. The van der Waals surface area contributed by atoms with Gasteiger partial charge in [0.2, 0.25) is 0 Å². The number of aldehydes is 1. The number of benzene rings is 2. The summed E-state index contributed by atoms with van der Waals surface area (Å²) in [5.41, 5.74) is 4.66. The van der Waals surface area contributed by atoms with Gasteiger partial charge in [-0.25, -0.2) is 0 Å². The Morgan fingerprint density at radius 1 is 1.26 bits per heavy atom. The maximum Gasteiger partial charge on any atom is 0.255 e. The zero-order valence-corrected chi connectivity index (χ0v) is 12.9. The van der Waals surface area contributed by atoms with E-state index >= 15 is 0 Å². The molecule has 0 saturated carbocycles. The predicted molar refractivity (Wildman–Crippen MR) is 85.8 cm³/mol. The Kier molecular flexibility index (Phi) is 3.18. The molecule has 116 valence electrons. The van der Waals surface area contributed by atoms with Crippen LogP contribution in [0.1, 0.15) is 49.9 Å². The summed E-state index contributed by atoms with van der Waals surface area (Å²) in [4.78, 5) is 25.6. The molecule has 2 aliphatic rings. The van der Waals surface area contributed by atoms with Crippen molar-refractivity contribution in [3.05, 3.63) is 64.2 Å². The standard InChI is InChI=1S/C19H17NO3/c1-23-18-4-2-3-15-16(18)7-8-17(15)20-10-13-9-12(11-21)5-6-14(13)19(20)22/h2-6,9,11,17H,7-8,10H2,1H3/t17-/m1/s1. The molecule has 4 heteroatoms. The summed E-state index contributed by atoms with van der Waals surface area (Å²) < 4.78 is 5.44. The molecule has 1 heterocycles. The third-order valence-corrected chi connectivity index (χ3v) is 4.89. The van der Waals surface area contributed by atoms with Crippen molar-refractivity contribution in [1.29, 1.82) is 0 Å². The Hall–Kier alpha value is -2.62. The largest absolute Gasteiger partial charge is 0.496 e. The van der Waals surface area contributed by atoms with Crippen molar-refractivity contribution >= 4 is 12.2 Å². The van der Waals surface area contributed by atoms with Gasteiger partial charge >= 0.3 is 0 Å². The Labute approximate surface area is 134 Å². The minimum Gasteiger partial charge on any atom is -0.496 e. The number of carbonyl (C=O) groups is 2. The van der Waals surface area contributed by atoms with Gasteiger partial charge in [0, 0.05) is 17.7 Å². The lowest BCUT2D eigenvalue weighted by atomic mass is 10.1. The first-order valence-electron chi connectivity index (χ1n) is 7.77. The van der Waals surface area contributed by atoms with Crippen LogP contribution in [-0.2, 0) is 13.0 Å². The highest BCUT2D eigenvalue weighted by atomic mass is 16.5. The molecule has 0 fully saturated rings. The average molecular weight is 307 g/mol. The monoisotopic (exact) mass is 307 g/mol. The van der Waals surface area contributed by atoms with Gasteiger partial charge in [0.15, 0.2) is 0 Å². The third kappa shape index (κ3) is 2.05. The normalized spacial score (nSPS) is 18.7. The zero-order chi connectivity index (χ0) is 16.0. The molecule has 0 aromatic heterocycles. The van der Waals surface area contributed by atoms with Crippen LogP contribution in [0.25, 0.3) is 0 Å². The molecule has 0 bridgehead atoms. The molecule has 0 radical (unpaired) electrons. The summed E-state index contributed by atoms with van der Waals surface area (Å²) in [6, 6.07) is 11.4. The summed E-state index contributed by atoms with van der Waals surface area (Å²) in [7, 11) is 1.68. The molecule has 0 N–H and O–H groups in total. The minimum absolute atomic E-state index is 0.0538. The molecule has 4 rings (SSSR count). The van der Waals surface area contributed by atoms with Gasteiger partial charge in [-0.15, -0.1) is 0 Å². The molecule has 1 amide bonds. The number of fused-ring (bicyclic) bond motifs is 2. The van der Waals surface area contributed by atoms with Gasteiger partial charge in [-0.1, -0.05) is 18.2 Å². The highest BCUT2D eigenvalue weighted by Crippen LogP contribution is 2.43. The Morgan fingerprint density at radius 3 is 2.91 bits per heavy atom. The quantitative estimate of drug-likeness (QED) is 0.818. The molecule has 2 aromatic carbocycles. The maximum atomic E-state index is 12.8. The van der Waals surface area contributed by atoms with Crippen LogP contribution >= 0.6 is 0 Å². The van der Waals surface area contributed by atoms with Crippen LogP contribution in [0.5, 0.6) is 5.75 Å². The number of ether oxygens (including phenoxy) is 1. The van der Waals surface area contributed by atoms with E-state index in [0.29, 0.717) is 17.7 Å². The number of nitrogens with zero attached hydrogens (tertiary/aromatic N) is 1. The summed E-state index contributed by atoms with van der Waals surface area (Å²) in [5.74, 6) is 0.954. The van der Waals surface area contributed by atoms with E-state index in [9.17, 15) is 9.59 Å². The number of carbonyl (C=O) groups excluding carboxylic acids is 2. The topological polar surface area (TPSA) is 46.6 Å². The first kappa shape index (κ1) is 14.0. The lowest BCUT2D eigenvalue weighted by molar-refractivity contribution is 0.0701. The summed E-state index contributed by atoms with van der Waals surface area (Å²) >= 11 is 0. The van der Waals surface area contributed by atoms with E-state index in [1.165, 1.54) is 11.1 Å². The Bertz CT molecular complexity index is 812. The van der Waals surface area contributed by atoms with Gasteiger partial charge in [-0.2, -0.15) is 0 Å². The first-order valence-corrected chi connectivity index (χ1v) is 7.77. The van der Waals surface area contributed by atoms with Crippen LogP contribution < -0.4 is 4.74 Å². The molecular weight excluding hydrogens is 290 g/mol. The van der Waals surface area contributed by atoms with E-state index < -0.39 is 0 Å². The SMILES string of the molecule is COc1cccc2c1CC[C@H]2N1Cc2cc(C=O)ccc2C1=O. The molecule has 23 heavy (non-hydrogen) atoms. The van der Waals surface area contributed by atoms with E-state index in [0.717, 1.165) is 30.4 Å². The van der Waals surface area contributed by atoms with Gasteiger partial charge in [0.05, 0.1) is 13.2 Å². The fourth-order valence-electron chi connectivity index (χ4n) is 3.80. The van der Waals surface area contributed by atoms with Gasteiger partial charge in [0.25, 0.3) is 5.91 Å². The minimum atomic E-state index is 0.0538.